The van der Waals surface area contributed by atoms with Crippen LogP contribution in [0.3, 0.4) is 0 Å². The average molecular weight is 343 g/mol. The van der Waals surface area contributed by atoms with Crippen LogP contribution in [0.2, 0.25) is 0 Å². The SMILES string of the molecule is CCCc1cc(Oc2ccc3ccccc3c2Br)ncn1. The molecular formula is C17H15BrN2O. The van der Waals surface area contributed by atoms with Gasteiger partial charge in [-0.25, -0.2) is 9.97 Å². The number of aryl methyl sites for hydroxylation is 1. The molecule has 0 spiro atoms. The Morgan fingerprint density at radius 3 is 2.81 bits per heavy atom. The van der Waals surface area contributed by atoms with E-state index in [1.54, 1.807) is 6.33 Å². The summed E-state index contributed by atoms with van der Waals surface area (Å²) >= 11 is 3.62. The lowest BCUT2D eigenvalue weighted by molar-refractivity contribution is 0.458. The van der Waals surface area contributed by atoms with E-state index in [1.165, 1.54) is 5.39 Å². The molecule has 2 aromatic carbocycles. The van der Waals surface area contributed by atoms with E-state index >= 15 is 0 Å². The molecule has 1 aromatic heterocycles. The third kappa shape index (κ3) is 3.05. The van der Waals surface area contributed by atoms with Crippen LogP contribution in [-0.4, -0.2) is 9.97 Å². The summed E-state index contributed by atoms with van der Waals surface area (Å²) in [6.45, 7) is 2.13. The van der Waals surface area contributed by atoms with E-state index < -0.39 is 0 Å². The minimum atomic E-state index is 0.574. The van der Waals surface area contributed by atoms with Gasteiger partial charge in [-0.15, -0.1) is 0 Å². The van der Waals surface area contributed by atoms with Gasteiger partial charge in [0.2, 0.25) is 5.88 Å². The molecule has 4 heteroatoms. The van der Waals surface area contributed by atoms with E-state index in [-0.39, 0.29) is 0 Å². The summed E-state index contributed by atoms with van der Waals surface area (Å²) in [5, 5.41) is 2.30. The standard InChI is InChI=1S/C17H15BrN2O/c1-2-5-13-10-16(20-11-19-13)21-15-9-8-12-6-3-4-7-14(12)17(15)18/h3-4,6-11H,2,5H2,1H3. The summed E-state index contributed by atoms with van der Waals surface area (Å²) in [7, 11) is 0. The first-order valence-corrected chi connectivity index (χ1v) is 7.73. The van der Waals surface area contributed by atoms with Crippen molar-refractivity contribution in [2.24, 2.45) is 0 Å². The maximum Gasteiger partial charge on any atom is 0.222 e. The maximum absolute atomic E-state index is 5.91. The normalized spacial score (nSPS) is 10.8. The largest absolute Gasteiger partial charge is 0.438 e. The Balaban J connectivity index is 1.94. The molecule has 3 nitrogen and oxygen atoms in total. The fourth-order valence-electron chi connectivity index (χ4n) is 2.23. The van der Waals surface area contributed by atoms with Crippen LogP contribution in [0.15, 0.2) is 53.3 Å². The van der Waals surface area contributed by atoms with Crippen LogP contribution in [0, 0.1) is 0 Å². The van der Waals surface area contributed by atoms with Crippen LogP contribution >= 0.6 is 15.9 Å². The van der Waals surface area contributed by atoms with Gasteiger partial charge in [0.1, 0.15) is 12.1 Å². The van der Waals surface area contributed by atoms with E-state index in [2.05, 4.69) is 45.0 Å². The van der Waals surface area contributed by atoms with Crippen molar-refractivity contribution in [2.45, 2.75) is 19.8 Å². The van der Waals surface area contributed by atoms with Crippen molar-refractivity contribution in [3.8, 4) is 11.6 Å². The molecule has 3 rings (SSSR count). The number of hydrogen-bond acceptors (Lipinski definition) is 3. The molecular weight excluding hydrogens is 328 g/mol. The van der Waals surface area contributed by atoms with Gasteiger partial charge >= 0.3 is 0 Å². The Morgan fingerprint density at radius 2 is 1.95 bits per heavy atom. The van der Waals surface area contributed by atoms with Crippen molar-refractivity contribution in [2.75, 3.05) is 0 Å². The Hall–Kier alpha value is -1.94. The van der Waals surface area contributed by atoms with Gasteiger partial charge < -0.3 is 4.74 Å². The van der Waals surface area contributed by atoms with Crippen LogP contribution < -0.4 is 4.74 Å². The number of aromatic nitrogens is 2. The molecule has 0 aliphatic heterocycles. The number of rotatable bonds is 4. The highest BCUT2D eigenvalue weighted by atomic mass is 79.9. The van der Waals surface area contributed by atoms with Crippen molar-refractivity contribution in [3.05, 3.63) is 59.0 Å². The first-order chi connectivity index (χ1) is 10.3. The minimum Gasteiger partial charge on any atom is -0.438 e. The quantitative estimate of drug-likeness (QED) is 0.658. The van der Waals surface area contributed by atoms with Gasteiger partial charge in [0, 0.05) is 11.8 Å². The van der Waals surface area contributed by atoms with Crippen molar-refractivity contribution < 1.29 is 4.74 Å². The first-order valence-electron chi connectivity index (χ1n) is 6.94. The van der Waals surface area contributed by atoms with E-state index in [9.17, 15) is 0 Å². The van der Waals surface area contributed by atoms with Crippen LogP contribution in [0.5, 0.6) is 11.6 Å². The third-order valence-corrected chi connectivity index (χ3v) is 4.07. The van der Waals surface area contributed by atoms with Gasteiger partial charge in [-0.2, -0.15) is 0 Å². The molecule has 0 N–H and O–H groups in total. The lowest BCUT2D eigenvalue weighted by atomic mass is 10.1. The number of fused-ring (bicyclic) bond motifs is 1. The second kappa shape index (κ2) is 6.22. The molecule has 0 saturated heterocycles. The van der Waals surface area contributed by atoms with Crippen LogP contribution in [0.1, 0.15) is 19.0 Å². The van der Waals surface area contributed by atoms with E-state index in [0.29, 0.717) is 5.88 Å². The molecule has 0 aliphatic rings. The molecule has 106 valence electrons. The van der Waals surface area contributed by atoms with Gasteiger partial charge in [0.15, 0.2) is 0 Å². The Morgan fingerprint density at radius 1 is 1.10 bits per heavy atom. The highest BCUT2D eigenvalue weighted by Crippen LogP contribution is 2.35. The monoisotopic (exact) mass is 342 g/mol. The zero-order chi connectivity index (χ0) is 14.7. The molecule has 21 heavy (non-hydrogen) atoms. The molecule has 0 saturated carbocycles. The van der Waals surface area contributed by atoms with Gasteiger partial charge in [-0.3, -0.25) is 0 Å². The van der Waals surface area contributed by atoms with Gasteiger partial charge in [0.25, 0.3) is 0 Å². The summed E-state index contributed by atoms with van der Waals surface area (Å²) in [6, 6.07) is 14.1. The lowest BCUT2D eigenvalue weighted by Crippen LogP contribution is -1.94. The van der Waals surface area contributed by atoms with Crippen molar-refractivity contribution in [1.82, 2.24) is 9.97 Å². The van der Waals surface area contributed by atoms with Crippen LogP contribution in [0.4, 0.5) is 0 Å². The Bertz CT molecular complexity index is 774. The molecule has 0 fully saturated rings. The van der Waals surface area contributed by atoms with Gasteiger partial charge in [0.05, 0.1) is 4.47 Å². The van der Waals surface area contributed by atoms with Gasteiger partial charge in [-0.1, -0.05) is 43.7 Å². The zero-order valence-corrected chi connectivity index (χ0v) is 13.3. The predicted octanol–water partition coefficient (Wildman–Crippen LogP) is 5.14. The Kier molecular flexibility index (Phi) is 4.15. The highest BCUT2D eigenvalue weighted by Gasteiger charge is 2.08. The van der Waals surface area contributed by atoms with Crippen molar-refractivity contribution >= 4 is 26.7 Å². The number of halogens is 1. The molecule has 1 heterocycles. The zero-order valence-electron chi connectivity index (χ0n) is 11.7. The second-order valence-corrected chi connectivity index (χ2v) is 5.59. The first kappa shape index (κ1) is 14.0. The molecule has 0 amide bonds. The average Bonchev–Trinajstić information content (AvgIpc) is 2.51. The summed E-state index contributed by atoms with van der Waals surface area (Å²) in [4.78, 5) is 8.42. The minimum absolute atomic E-state index is 0.574. The molecule has 0 bridgehead atoms. The number of benzene rings is 2. The van der Waals surface area contributed by atoms with E-state index in [4.69, 9.17) is 4.74 Å². The fraction of sp³-hybridized carbons (Fsp3) is 0.176. The lowest BCUT2D eigenvalue weighted by Gasteiger charge is -2.09. The highest BCUT2D eigenvalue weighted by molar-refractivity contribution is 9.10. The third-order valence-electron chi connectivity index (χ3n) is 3.25. The van der Waals surface area contributed by atoms with Gasteiger partial charge in [-0.05, 0) is 39.2 Å². The summed E-state index contributed by atoms with van der Waals surface area (Å²) in [6.07, 6.45) is 3.53. The summed E-state index contributed by atoms with van der Waals surface area (Å²) < 4.78 is 6.85. The molecule has 0 atom stereocenters. The molecule has 0 aliphatic carbocycles. The smallest absolute Gasteiger partial charge is 0.222 e. The summed E-state index contributed by atoms with van der Waals surface area (Å²) in [5.41, 5.74) is 0.999. The van der Waals surface area contributed by atoms with Crippen molar-refractivity contribution in [1.29, 1.82) is 0 Å². The number of hydrogen-bond donors (Lipinski definition) is 0. The van der Waals surface area contributed by atoms with Crippen molar-refractivity contribution in [3.63, 3.8) is 0 Å². The molecule has 0 radical (unpaired) electrons. The predicted molar refractivity (Wildman–Crippen MR) is 87.7 cm³/mol. The summed E-state index contributed by atoms with van der Waals surface area (Å²) in [5.74, 6) is 1.33. The second-order valence-electron chi connectivity index (χ2n) is 4.80. The fourth-order valence-corrected chi connectivity index (χ4v) is 2.80. The van der Waals surface area contributed by atoms with Crippen LogP contribution in [0.25, 0.3) is 10.8 Å². The number of nitrogens with zero attached hydrogens (tertiary/aromatic N) is 2. The Labute approximate surface area is 132 Å². The molecule has 3 aromatic rings. The topological polar surface area (TPSA) is 35.0 Å². The van der Waals surface area contributed by atoms with Crippen LogP contribution in [-0.2, 0) is 6.42 Å². The maximum atomic E-state index is 5.91. The number of ether oxygens (including phenoxy) is 1. The van der Waals surface area contributed by atoms with E-state index in [0.717, 1.165) is 34.1 Å². The van der Waals surface area contributed by atoms with E-state index in [1.807, 2.05) is 30.3 Å². The molecule has 0 unspecified atom stereocenters.